The van der Waals surface area contributed by atoms with Crippen molar-refractivity contribution in [3.63, 3.8) is 0 Å². The van der Waals surface area contributed by atoms with Gasteiger partial charge in [-0.05, 0) is 24.8 Å². The normalized spacial score (nSPS) is 30.4. The predicted octanol–water partition coefficient (Wildman–Crippen LogP) is 4.28. The molecule has 0 spiro atoms. The second kappa shape index (κ2) is 5.62. The van der Waals surface area contributed by atoms with Crippen molar-refractivity contribution in [3.8, 4) is 0 Å². The van der Waals surface area contributed by atoms with E-state index in [1.54, 1.807) is 11.8 Å². The molecule has 0 aromatic rings. The van der Waals surface area contributed by atoms with Crippen molar-refractivity contribution in [2.24, 2.45) is 5.92 Å². The zero-order valence-corrected chi connectivity index (χ0v) is 11.8. The number of hydrogen-bond donors (Lipinski definition) is 1. The number of allylic oxidation sites excluding steroid dienone is 2. The van der Waals surface area contributed by atoms with Crippen LogP contribution in [0, 0.1) is 5.92 Å². The highest BCUT2D eigenvalue weighted by Gasteiger charge is 2.52. The summed E-state index contributed by atoms with van der Waals surface area (Å²) in [4.78, 5) is -0.527. The second-order valence-corrected chi connectivity index (χ2v) is 7.11. The van der Waals surface area contributed by atoms with E-state index in [1.807, 2.05) is 6.08 Å². The summed E-state index contributed by atoms with van der Waals surface area (Å²) in [6.45, 7) is 4.60. The van der Waals surface area contributed by atoms with Crippen LogP contribution < -0.4 is 0 Å². The summed E-state index contributed by atoms with van der Waals surface area (Å²) in [5, 5.41) is 10.1. The van der Waals surface area contributed by atoms with Gasteiger partial charge in [0.2, 0.25) is 0 Å². The molecule has 0 bridgehead atoms. The van der Waals surface area contributed by atoms with Crippen molar-refractivity contribution >= 4 is 11.8 Å². The average molecular weight is 252 g/mol. The molecule has 0 saturated carbocycles. The van der Waals surface area contributed by atoms with Crippen LogP contribution in [0.25, 0.3) is 0 Å². The van der Waals surface area contributed by atoms with Crippen molar-refractivity contribution in [1.29, 1.82) is 0 Å². The molecule has 0 aromatic carbocycles. The van der Waals surface area contributed by atoms with Crippen molar-refractivity contribution in [2.75, 3.05) is 0 Å². The molecule has 1 nitrogen and oxygen atoms in total. The summed E-state index contributed by atoms with van der Waals surface area (Å²) in [5.74, 6) is 0.851. The molecule has 2 rings (SSSR count). The zero-order chi connectivity index (χ0) is 12.3. The molecule has 2 atom stereocenters. The Bertz CT molecular complexity index is 319. The summed E-state index contributed by atoms with van der Waals surface area (Å²) in [7, 11) is 0. The van der Waals surface area contributed by atoms with Gasteiger partial charge < -0.3 is 5.11 Å². The molecule has 2 aliphatic rings. The van der Waals surface area contributed by atoms with E-state index in [0.29, 0.717) is 5.25 Å². The van der Waals surface area contributed by atoms with E-state index in [0.717, 1.165) is 5.92 Å². The van der Waals surface area contributed by atoms with E-state index in [1.165, 1.54) is 44.1 Å². The summed E-state index contributed by atoms with van der Waals surface area (Å²) in [6, 6.07) is 0. The maximum absolute atomic E-state index is 9.79. The minimum Gasteiger partial charge on any atom is -0.374 e. The van der Waals surface area contributed by atoms with Gasteiger partial charge in [0, 0.05) is 0 Å². The monoisotopic (exact) mass is 252 g/mol. The van der Waals surface area contributed by atoms with Gasteiger partial charge in [-0.25, -0.2) is 0 Å². The Balaban J connectivity index is 1.55. The van der Waals surface area contributed by atoms with Crippen LogP contribution in [-0.4, -0.2) is 15.3 Å². The zero-order valence-electron chi connectivity index (χ0n) is 11.0. The van der Waals surface area contributed by atoms with E-state index in [-0.39, 0.29) is 0 Å². The van der Waals surface area contributed by atoms with Crippen LogP contribution in [0.3, 0.4) is 0 Å². The van der Waals surface area contributed by atoms with Gasteiger partial charge in [-0.3, -0.25) is 0 Å². The van der Waals surface area contributed by atoms with Crippen molar-refractivity contribution in [3.05, 3.63) is 23.8 Å². The maximum Gasteiger partial charge on any atom is 0.145 e. The standard InChI is InChI=1S/C15H24OS/c1-12(2)7-5-3-4-6-8-13-9-10-15(16)14(11-13)17-15/h9-12,14,16H,3-8H2,1-2H3. The number of unbranched alkanes of at least 4 members (excludes halogenated alkanes) is 3. The molecule has 0 aromatic heterocycles. The van der Waals surface area contributed by atoms with Gasteiger partial charge in [-0.1, -0.05) is 57.3 Å². The number of aliphatic hydroxyl groups is 1. The lowest BCUT2D eigenvalue weighted by atomic mass is 9.98. The summed E-state index contributed by atoms with van der Waals surface area (Å²) in [6.07, 6.45) is 14.3. The minimum atomic E-state index is -0.527. The molecular formula is C15H24OS. The van der Waals surface area contributed by atoms with Crippen molar-refractivity contribution in [1.82, 2.24) is 0 Å². The quantitative estimate of drug-likeness (QED) is 0.539. The van der Waals surface area contributed by atoms with Crippen LogP contribution in [0.1, 0.15) is 52.4 Å². The molecular weight excluding hydrogens is 228 g/mol. The first-order valence-corrected chi connectivity index (χ1v) is 7.78. The third-order valence-electron chi connectivity index (χ3n) is 3.56. The SMILES string of the molecule is CC(C)CCCCCCC1=CC2SC2(O)C=C1. The number of hydrogen-bond acceptors (Lipinski definition) is 2. The average Bonchev–Trinajstić information content (AvgIpc) is 2.94. The van der Waals surface area contributed by atoms with Gasteiger partial charge in [-0.2, -0.15) is 0 Å². The van der Waals surface area contributed by atoms with Gasteiger partial charge in [0.1, 0.15) is 4.93 Å². The fourth-order valence-electron chi connectivity index (χ4n) is 2.34. The van der Waals surface area contributed by atoms with Gasteiger partial charge >= 0.3 is 0 Å². The van der Waals surface area contributed by atoms with E-state index in [9.17, 15) is 5.11 Å². The van der Waals surface area contributed by atoms with E-state index in [2.05, 4.69) is 26.0 Å². The first-order valence-electron chi connectivity index (χ1n) is 6.90. The Kier molecular flexibility index (Phi) is 4.37. The first kappa shape index (κ1) is 13.2. The third kappa shape index (κ3) is 3.89. The van der Waals surface area contributed by atoms with Crippen LogP contribution in [0.5, 0.6) is 0 Å². The molecule has 1 saturated heterocycles. The highest BCUT2D eigenvalue weighted by atomic mass is 32.2. The topological polar surface area (TPSA) is 20.2 Å². The fraction of sp³-hybridized carbons (Fsp3) is 0.733. The lowest BCUT2D eigenvalue weighted by Gasteiger charge is -2.09. The number of thioether (sulfide) groups is 1. The Morgan fingerprint density at radius 2 is 2.06 bits per heavy atom. The molecule has 0 amide bonds. The van der Waals surface area contributed by atoms with Gasteiger partial charge in [0.15, 0.2) is 0 Å². The van der Waals surface area contributed by atoms with E-state index >= 15 is 0 Å². The molecule has 0 radical (unpaired) electrons. The maximum atomic E-state index is 9.79. The minimum absolute atomic E-state index is 0.350. The van der Waals surface area contributed by atoms with Crippen LogP contribution in [0.4, 0.5) is 0 Å². The van der Waals surface area contributed by atoms with E-state index in [4.69, 9.17) is 0 Å². The molecule has 2 heteroatoms. The van der Waals surface area contributed by atoms with Crippen molar-refractivity contribution < 1.29 is 5.11 Å². The largest absolute Gasteiger partial charge is 0.374 e. The van der Waals surface area contributed by atoms with Crippen LogP contribution in [0.15, 0.2) is 23.8 Å². The lowest BCUT2D eigenvalue weighted by Crippen LogP contribution is -2.11. The molecule has 1 fully saturated rings. The number of fused-ring (bicyclic) bond motifs is 1. The Hall–Kier alpha value is -0.210. The Morgan fingerprint density at radius 1 is 1.29 bits per heavy atom. The molecule has 1 aliphatic carbocycles. The molecule has 17 heavy (non-hydrogen) atoms. The third-order valence-corrected chi connectivity index (χ3v) is 4.83. The van der Waals surface area contributed by atoms with Crippen LogP contribution in [-0.2, 0) is 0 Å². The molecule has 96 valence electrons. The van der Waals surface area contributed by atoms with Gasteiger partial charge in [0.25, 0.3) is 0 Å². The first-order chi connectivity index (χ1) is 8.10. The Labute approximate surface area is 109 Å². The molecule has 1 aliphatic heterocycles. The van der Waals surface area contributed by atoms with E-state index < -0.39 is 4.93 Å². The molecule has 1 heterocycles. The highest BCUT2D eigenvalue weighted by Crippen LogP contribution is 2.55. The highest BCUT2D eigenvalue weighted by molar-refractivity contribution is 8.08. The van der Waals surface area contributed by atoms with Crippen LogP contribution in [0.2, 0.25) is 0 Å². The molecule has 1 N–H and O–H groups in total. The van der Waals surface area contributed by atoms with Crippen molar-refractivity contribution in [2.45, 2.75) is 62.6 Å². The van der Waals surface area contributed by atoms with Crippen LogP contribution >= 0.6 is 11.8 Å². The smallest absolute Gasteiger partial charge is 0.145 e. The lowest BCUT2D eigenvalue weighted by molar-refractivity contribution is 0.228. The fourth-order valence-corrected chi connectivity index (χ4v) is 3.21. The van der Waals surface area contributed by atoms with Gasteiger partial charge in [0.05, 0.1) is 5.25 Å². The summed E-state index contributed by atoms with van der Waals surface area (Å²) < 4.78 is 0. The summed E-state index contributed by atoms with van der Waals surface area (Å²) in [5.41, 5.74) is 1.42. The number of rotatable bonds is 7. The predicted molar refractivity (Wildman–Crippen MR) is 76.1 cm³/mol. The summed E-state index contributed by atoms with van der Waals surface area (Å²) >= 11 is 1.65. The van der Waals surface area contributed by atoms with Gasteiger partial charge in [-0.15, -0.1) is 11.8 Å². The molecule has 2 unspecified atom stereocenters. The second-order valence-electron chi connectivity index (χ2n) is 5.71. The Morgan fingerprint density at radius 3 is 2.76 bits per heavy atom.